The highest BCUT2D eigenvalue weighted by atomic mass is 16.5. The summed E-state index contributed by atoms with van der Waals surface area (Å²) in [5.41, 5.74) is 8.21. The predicted octanol–water partition coefficient (Wildman–Crippen LogP) is 1.33. The maximum atomic E-state index is 5.73. The third-order valence-electron chi connectivity index (χ3n) is 2.86. The van der Waals surface area contributed by atoms with Gasteiger partial charge in [-0.05, 0) is 37.1 Å². The zero-order chi connectivity index (χ0) is 11.5. The lowest BCUT2D eigenvalue weighted by molar-refractivity contribution is 0.124. The molecule has 0 saturated carbocycles. The van der Waals surface area contributed by atoms with E-state index in [-0.39, 0.29) is 0 Å². The van der Waals surface area contributed by atoms with Gasteiger partial charge in [-0.2, -0.15) is 0 Å². The van der Waals surface area contributed by atoms with Crippen molar-refractivity contribution in [2.75, 3.05) is 26.2 Å². The molecule has 1 aliphatic heterocycles. The molecule has 0 aliphatic carbocycles. The van der Waals surface area contributed by atoms with Crippen molar-refractivity contribution in [2.24, 2.45) is 5.73 Å². The van der Waals surface area contributed by atoms with Gasteiger partial charge in [0.05, 0.1) is 0 Å². The number of rotatable bonds is 4. The lowest BCUT2D eigenvalue weighted by atomic mass is 10.1. The summed E-state index contributed by atoms with van der Waals surface area (Å²) >= 11 is 0. The first kappa shape index (κ1) is 11.4. The van der Waals surface area contributed by atoms with Crippen molar-refractivity contribution in [1.82, 2.24) is 4.90 Å². The quantitative estimate of drug-likeness (QED) is 0.832. The van der Waals surface area contributed by atoms with Crippen LogP contribution >= 0.6 is 0 Å². The molecule has 1 aromatic carbocycles. The summed E-state index contributed by atoms with van der Waals surface area (Å²) in [6, 6.07) is 6.69. The molecule has 1 aliphatic rings. The molecular weight excluding hydrogens is 200 g/mol. The molecule has 2 rings (SSSR count). The van der Waals surface area contributed by atoms with Crippen LogP contribution in [0.25, 0.3) is 0 Å². The van der Waals surface area contributed by atoms with Gasteiger partial charge >= 0.3 is 0 Å². The minimum Gasteiger partial charge on any atom is -0.492 e. The molecular formula is C13H20N2O. The SMILES string of the molecule is Cc1cc(C)cc(OCCN2CC(N)C2)c1. The molecule has 0 radical (unpaired) electrons. The summed E-state index contributed by atoms with van der Waals surface area (Å²) < 4.78 is 5.73. The Hall–Kier alpha value is -1.06. The van der Waals surface area contributed by atoms with Crippen molar-refractivity contribution < 1.29 is 4.74 Å². The largest absolute Gasteiger partial charge is 0.492 e. The summed E-state index contributed by atoms with van der Waals surface area (Å²) in [6.45, 7) is 7.92. The van der Waals surface area contributed by atoms with E-state index in [0.717, 1.165) is 32.0 Å². The molecule has 0 spiro atoms. The van der Waals surface area contributed by atoms with Gasteiger partial charge in [-0.3, -0.25) is 4.90 Å². The highest BCUT2D eigenvalue weighted by Gasteiger charge is 2.21. The zero-order valence-corrected chi connectivity index (χ0v) is 10.1. The highest BCUT2D eigenvalue weighted by molar-refractivity contribution is 5.32. The Kier molecular flexibility index (Phi) is 3.46. The number of likely N-dealkylation sites (tertiary alicyclic amines) is 1. The Balaban J connectivity index is 1.76. The van der Waals surface area contributed by atoms with Crippen molar-refractivity contribution in [1.29, 1.82) is 0 Å². The normalized spacial score (nSPS) is 17.2. The van der Waals surface area contributed by atoms with Gasteiger partial charge in [0.25, 0.3) is 0 Å². The number of nitrogens with two attached hydrogens (primary N) is 1. The second-order valence-electron chi connectivity index (χ2n) is 4.69. The Labute approximate surface area is 97.2 Å². The van der Waals surface area contributed by atoms with Crippen LogP contribution in [-0.4, -0.2) is 37.2 Å². The van der Waals surface area contributed by atoms with E-state index in [4.69, 9.17) is 10.5 Å². The summed E-state index contributed by atoms with van der Waals surface area (Å²) in [7, 11) is 0. The number of hydrogen-bond donors (Lipinski definition) is 1. The average Bonchev–Trinajstić information content (AvgIpc) is 2.13. The van der Waals surface area contributed by atoms with E-state index in [0.29, 0.717) is 6.04 Å². The van der Waals surface area contributed by atoms with Crippen LogP contribution in [0.4, 0.5) is 0 Å². The Morgan fingerprint density at radius 1 is 1.25 bits per heavy atom. The molecule has 88 valence electrons. The third-order valence-corrected chi connectivity index (χ3v) is 2.86. The van der Waals surface area contributed by atoms with Crippen LogP contribution < -0.4 is 10.5 Å². The number of ether oxygens (including phenoxy) is 1. The fourth-order valence-electron chi connectivity index (χ4n) is 2.10. The molecule has 1 heterocycles. The molecule has 0 atom stereocenters. The lowest BCUT2D eigenvalue weighted by Crippen LogP contribution is -2.56. The average molecular weight is 220 g/mol. The van der Waals surface area contributed by atoms with E-state index in [1.165, 1.54) is 11.1 Å². The topological polar surface area (TPSA) is 38.5 Å². The molecule has 0 amide bonds. The number of hydrogen-bond acceptors (Lipinski definition) is 3. The minimum atomic E-state index is 0.376. The van der Waals surface area contributed by atoms with Crippen molar-refractivity contribution >= 4 is 0 Å². The van der Waals surface area contributed by atoms with Gasteiger partial charge in [-0.25, -0.2) is 0 Å². The minimum absolute atomic E-state index is 0.376. The highest BCUT2D eigenvalue weighted by Crippen LogP contribution is 2.16. The molecule has 2 N–H and O–H groups in total. The maximum absolute atomic E-state index is 5.73. The van der Waals surface area contributed by atoms with Gasteiger partial charge in [-0.1, -0.05) is 6.07 Å². The first-order valence-electron chi connectivity index (χ1n) is 5.82. The maximum Gasteiger partial charge on any atom is 0.119 e. The van der Waals surface area contributed by atoms with Crippen LogP contribution in [0.2, 0.25) is 0 Å². The van der Waals surface area contributed by atoms with Crippen LogP contribution in [-0.2, 0) is 0 Å². The van der Waals surface area contributed by atoms with E-state index in [9.17, 15) is 0 Å². The molecule has 1 aromatic rings. The van der Waals surface area contributed by atoms with Crippen molar-refractivity contribution in [3.05, 3.63) is 29.3 Å². The number of nitrogens with zero attached hydrogens (tertiary/aromatic N) is 1. The molecule has 3 nitrogen and oxygen atoms in total. The van der Waals surface area contributed by atoms with Crippen LogP contribution in [0.3, 0.4) is 0 Å². The standard InChI is InChI=1S/C13H20N2O/c1-10-5-11(2)7-13(6-10)16-4-3-15-8-12(14)9-15/h5-7,12H,3-4,8-9,14H2,1-2H3. The van der Waals surface area contributed by atoms with E-state index in [1.807, 2.05) is 0 Å². The van der Waals surface area contributed by atoms with Gasteiger partial charge in [0.15, 0.2) is 0 Å². The van der Waals surface area contributed by atoms with Gasteiger partial charge in [0.2, 0.25) is 0 Å². The first-order valence-corrected chi connectivity index (χ1v) is 5.82. The van der Waals surface area contributed by atoms with E-state index in [2.05, 4.69) is 36.9 Å². The fourth-order valence-corrected chi connectivity index (χ4v) is 2.10. The van der Waals surface area contributed by atoms with Gasteiger partial charge in [0, 0.05) is 25.7 Å². The Morgan fingerprint density at radius 2 is 1.88 bits per heavy atom. The second-order valence-corrected chi connectivity index (χ2v) is 4.69. The molecule has 3 heteroatoms. The van der Waals surface area contributed by atoms with Gasteiger partial charge < -0.3 is 10.5 Å². The predicted molar refractivity (Wildman–Crippen MR) is 65.8 cm³/mol. The monoisotopic (exact) mass is 220 g/mol. The first-order chi connectivity index (χ1) is 7.63. The number of aryl methyl sites for hydroxylation is 2. The van der Waals surface area contributed by atoms with E-state index >= 15 is 0 Å². The fraction of sp³-hybridized carbons (Fsp3) is 0.538. The molecule has 1 saturated heterocycles. The molecule has 16 heavy (non-hydrogen) atoms. The van der Waals surface area contributed by atoms with Crippen LogP contribution in [0, 0.1) is 13.8 Å². The Morgan fingerprint density at radius 3 is 2.44 bits per heavy atom. The van der Waals surface area contributed by atoms with Crippen LogP contribution in [0.5, 0.6) is 5.75 Å². The van der Waals surface area contributed by atoms with Crippen LogP contribution in [0.1, 0.15) is 11.1 Å². The van der Waals surface area contributed by atoms with Crippen LogP contribution in [0.15, 0.2) is 18.2 Å². The summed E-state index contributed by atoms with van der Waals surface area (Å²) in [5, 5.41) is 0. The smallest absolute Gasteiger partial charge is 0.119 e. The lowest BCUT2D eigenvalue weighted by Gasteiger charge is -2.36. The van der Waals surface area contributed by atoms with E-state index < -0.39 is 0 Å². The molecule has 0 unspecified atom stereocenters. The van der Waals surface area contributed by atoms with Crippen molar-refractivity contribution in [3.63, 3.8) is 0 Å². The summed E-state index contributed by atoms with van der Waals surface area (Å²) in [5.74, 6) is 0.974. The van der Waals surface area contributed by atoms with Gasteiger partial charge in [0.1, 0.15) is 12.4 Å². The Bertz CT molecular complexity index is 339. The van der Waals surface area contributed by atoms with Crippen molar-refractivity contribution in [3.8, 4) is 5.75 Å². The summed E-state index contributed by atoms with van der Waals surface area (Å²) in [6.07, 6.45) is 0. The van der Waals surface area contributed by atoms with Gasteiger partial charge in [-0.15, -0.1) is 0 Å². The molecule has 0 aromatic heterocycles. The third kappa shape index (κ3) is 2.97. The van der Waals surface area contributed by atoms with E-state index in [1.54, 1.807) is 0 Å². The molecule has 0 bridgehead atoms. The van der Waals surface area contributed by atoms with Crippen molar-refractivity contribution in [2.45, 2.75) is 19.9 Å². The zero-order valence-electron chi connectivity index (χ0n) is 10.1. The second kappa shape index (κ2) is 4.85. The summed E-state index contributed by atoms with van der Waals surface area (Å²) in [4.78, 5) is 2.31. The molecule has 1 fully saturated rings. The number of benzene rings is 1.